The number of Topliss-reactive ketones (excluding diaryl/α,β-unsaturated/α-hetero) is 1. The normalized spacial score (nSPS) is 15.8. The minimum Gasteiger partial charge on any atom is -0.497 e. The van der Waals surface area contributed by atoms with Gasteiger partial charge in [0, 0.05) is 4.47 Å². The predicted molar refractivity (Wildman–Crippen MR) is 62.7 cm³/mol. The summed E-state index contributed by atoms with van der Waals surface area (Å²) in [5, 5.41) is 0. The van der Waals surface area contributed by atoms with E-state index in [4.69, 9.17) is 4.74 Å². The number of rotatable bonds is 2. The van der Waals surface area contributed by atoms with Crippen molar-refractivity contribution in [2.75, 3.05) is 18.6 Å². The highest BCUT2D eigenvalue weighted by atomic mass is 79.9. The number of anilines is 1. The molecule has 0 saturated carbocycles. The molecule has 4 nitrogen and oxygen atoms in total. The highest BCUT2D eigenvalue weighted by Gasteiger charge is 2.29. The average Bonchev–Trinajstić information content (AvgIpc) is 2.57. The SMILES string of the molecule is COc1ccc(N2CC(=O)CC2=O)c(Br)c1. The lowest BCUT2D eigenvalue weighted by Gasteiger charge is -2.16. The van der Waals surface area contributed by atoms with Gasteiger partial charge in [0.1, 0.15) is 5.75 Å². The van der Waals surface area contributed by atoms with E-state index >= 15 is 0 Å². The number of nitrogens with zero attached hydrogens (tertiary/aromatic N) is 1. The molecule has 1 fully saturated rings. The molecule has 16 heavy (non-hydrogen) atoms. The number of ketones is 1. The molecule has 5 heteroatoms. The molecule has 0 aliphatic carbocycles. The van der Waals surface area contributed by atoms with Crippen molar-refractivity contribution in [2.45, 2.75) is 6.42 Å². The molecule has 0 radical (unpaired) electrons. The van der Waals surface area contributed by atoms with Crippen LogP contribution in [-0.4, -0.2) is 25.3 Å². The van der Waals surface area contributed by atoms with Gasteiger partial charge in [-0.15, -0.1) is 0 Å². The molecule has 1 heterocycles. The smallest absolute Gasteiger partial charge is 0.234 e. The summed E-state index contributed by atoms with van der Waals surface area (Å²) >= 11 is 3.36. The van der Waals surface area contributed by atoms with Crippen molar-refractivity contribution in [3.8, 4) is 5.75 Å². The third-order valence-electron chi connectivity index (χ3n) is 2.43. The van der Waals surface area contributed by atoms with Gasteiger partial charge < -0.3 is 9.64 Å². The van der Waals surface area contributed by atoms with E-state index < -0.39 is 0 Å². The maximum Gasteiger partial charge on any atom is 0.234 e. The first-order valence-corrected chi connectivity index (χ1v) is 5.56. The van der Waals surface area contributed by atoms with Crippen LogP contribution in [-0.2, 0) is 9.59 Å². The Morgan fingerprint density at radius 3 is 2.62 bits per heavy atom. The monoisotopic (exact) mass is 283 g/mol. The van der Waals surface area contributed by atoms with Crippen LogP contribution < -0.4 is 9.64 Å². The molecule has 2 rings (SSSR count). The van der Waals surface area contributed by atoms with Crippen LogP contribution in [0.1, 0.15) is 6.42 Å². The van der Waals surface area contributed by atoms with Gasteiger partial charge in [-0.05, 0) is 34.1 Å². The van der Waals surface area contributed by atoms with Gasteiger partial charge in [-0.2, -0.15) is 0 Å². The standard InChI is InChI=1S/C11H10BrNO3/c1-16-8-2-3-10(9(12)5-8)13-6-7(14)4-11(13)15/h2-3,5H,4,6H2,1H3. The number of amides is 1. The quantitative estimate of drug-likeness (QED) is 0.777. The van der Waals surface area contributed by atoms with E-state index in [2.05, 4.69) is 15.9 Å². The predicted octanol–water partition coefficient (Wildman–Crippen LogP) is 1.76. The van der Waals surface area contributed by atoms with Gasteiger partial charge in [-0.25, -0.2) is 0 Å². The second-order valence-electron chi connectivity index (χ2n) is 3.51. The highest BCUT2D eigenvalue weighted by molar-refractivity contribution is 9.10. The molecule has 0 unspecified atom stereocenters. The minimum absolute atomic E-state index is 0.00152. The molecule has 0 spiro atoms. The lowest BCUT2D eigenvalue weighted by Crippen LogP contribution is -2.24. The number of carbonyl (C=O) groups is 2. The first kappa shape index (κ1) is 11.1. The zero-order valence-corrected chi connectivity index (χ0v) is 10.3. The summed E-state index contributed by atoms with van der Waals surface area (Å²) in [4.78, 5) is 24.2. The fourth-order valence-electron chi connectivity index (χ4n) is 1.64. The summed E-state index contributed by atoms with van der Waals surface area (Å²) < 4.78 is 5.81. The summed E-state index contributed by atoms with van der Waals surface area (Å²) in [5.74, 6) is 0.497. The Kier molecular flexibility index (Phi) is 2.96. The van der Waals surface area contributed by atoms with E-state index in [0.29, 0.717) is 11.4 Å². The number of hydrogen-bond acceptors (Lipinski definition) is 3. The molecular formula is C11H10BrNO3. The van der Waals surface area contributed by atoms with Crippen molar-refractivity contribution < 1.29 is 14.3 Å². The van der Waals surface area contributed by atoms with Crippen LogP contribution in [0.15, 0.2) is 22.7 Å². The zero-order valence-electron chi connectivity index (χ0n) is 8.70. The maximum absolute atomic E-state index is 11.5. The first-order chi connectivity index (χ1) is 7.61. The molecule has 0 aromatic heterocycles. The fraction of sp³-hybridized carbons (Fsp3) is 0.273. The number of ether oxygens (including phenoxy) is 1. The summed E-state index contributed by atoms with van der Waals surface area (Å²) in [6.07, 6.45) is -0.00152. The molecular weight excluding hydrogens is 274 g/mol. The number of methoxy groups -OCH3 is 1. The molecule has 1 aromatic carbocycles. The van der Waals surface area contributed by atoms with Crippen LogP contribution in [0.4, 0.5) is 5.69 Å². The maximum atomic E-state index is 11.5. The van der Waals surface area contributed by atoms with Crippen LogP contribution in [0.3, 0.4) is 0 Å². The highest BCUT2D eigenvalue weighted by Crippen LogP contribution is 2.31. The molecule has 0 bridgehead atoms. The second kappa shape index (κ2) is 4.25. The van der Waals surface area contributed by atoms with E-state index in [-0.39, 0.29) is 24.7 Å². The third kappa shape index (κ3) is 1.95. The average molecular weight is 284 g/mol. The minimum atomic E-state index is -0.157. The van der Waals surface area contributed by atoms with Crippen LogP contribution in [0.5, 0.6) is 5.75 Å². The van der Waals surface area contributed by atoms with Crippen molar-refractivity contribution in [1.82, 2.24) is 0 Å². The Bertz CT molecular complexity index is 459. The van der Waals surface area contributed by atoms with Crippen LogP contribution >= 0.6 is 15.9 Å². The lowest BCUT2D eigenvalue weighted by molar-refractivity contribution is -0.121. The van der Waals surface area contributed by atoms with E-state index in [1.165, 1.54) is 4.90 Å². The second-order valence-corrected chi connectivity index (χ2v) is 4.37. The fourth-order valence-corrected chi connectivity index (χ4v) is 2.21. The molecule has 1 amide bonds. The molecule has 1 aromatic rings. The molecule has 1 saturated heterocycles. The van der Waals surface area contributed by atoms with Gasteiger partial charge in [0.15, 0.2) is 5.78 Å². The molecule has 84 valence electrons. The number of carbonyl (C=O) groups excluding carboxylic acids is 2. The van der Waals surface area contributed by atoms with Gasteiger partial charge in [-0.1, -0.05) is 0 Å². The Hall–Kier alpha value is -1.36. The van der Waals surface area contributed by atoms with Gasteiger partial charge in [0.05, 0.1) is 25.8 Å². The Morgan fingerprint density at radius 2 is 2.12 bits per heavy atom. The summed E-state index contributed by atoms with van der Waals surface area (Å²) in [7, 11) is 1.58. The molecule has 1 aliphatic heterocycles. The van der Waals surface area contributed by atoms with Crippen LogP contribution in [0.25, 0.3) is 0 Å². The number of halogens is 1. The van der Waals surface area contributed by atoms with Crippen molar-refractivity contribution in [1.29, 1.82) is 0 Å². The van der Waals surface area contributed by atoms with Crippen molar-refractivity contribution in [3.63, 3.8) is 0 Å². The Labute approximate surface area is 101 Å². The van der Waals surface area contributed by atoms with Gasteiger partial charge in [-0.3, -0.25) is 9.59 Å². The first-order valence-electron chi connectivity index (χ1n) is 4.77. The Balaban J connectivity index is 2.34. The summed E-state index contributed by atoms with van der Waals surface area (Å²) in [6, 6.07) is 5.29. The van der Waals surface area contributed by atoms with Gasteiger partial charge in [0.2, 0.25) is 5.91 Å². The van der Waals surface area contributed by atoms with E-state index in [1.54, 1.807) is 25.3 Å². The van der Waals surface area contributed by atoms with E-state index in [9.17, 15) is 9.59 Å². The third-order valence-corrected chi connectivity index (χ3v) is 3.06. The molecule has 1 aliphatic rings. The van der Waals surface area contributed by atoms with Crippen LogP contribution in [0, 0.1) is 0 Å². The molecule has 0 atom stereocenters. The van der Waals surface area contributed by atoms with E-state index in [0.717, 1.165) is 4.47 Å². The molecule has 0 N–H and O–H groups in total. The van der Waals surface area contributed by atoms with Gasteiger partial charge in [0.25, 0.3) is 0 Å². The zero-order chi connectivity index (χ0) is 11.7. The summed E-state index contributed by atoms with van der Waals surface area (Å²) in [6.45, 7) is 0.157. The number of benzene rings is 1. The Morgan fingerprint density at radius 1 is 1.38 bits per heavy atom. The topological polar surface area (TPSA) is 46.6 Å². The van der Waals surface area contributed by atoms with Crippen molar-refractivity contribution in [3.05, 3.63) is 22.7 Å². The van der Waals surface area contributed by atoms with Crippen molar-refractivity contribution in [2.24, 2.45) is 0 Å². The largest absolute Gasteiger partial charge is 0.497 e. The van der Waals surface area contributed by atoms with E-state index in [1.807, 2.05) is 0 Å². The van der Waals surface area contributed by atoms with Crippen molar-refractivity contribution >= 4 is 33.3 Å². The lowest BCUT2D eigenvalue weighted by atomic mass is 10.3. The summed E-state index contributed by atoms with van der Waals surface area (Å²) in [5.41, 5.74) is 0.705. The van der Waals surface area contributed by atoms with Gasteiger partial charge >= 0.3 is 0 Å². The van der Waals surface area contributed by atoms with Crippen LogP contribution in [0.2, 0.25) is 0 Å². The number of hydrogen-bond donors (Lipinski definition) is 0.